The van der Waals surface area contributed by atoms with E-state index in [0.29, 0.717) is 0 Å². The Morgan fingerprint density at radius 3 is 0.800 bits per heavy atom. The molecule has 0 saturated carbocycles. The Morgan fingerprint density at radius 2 is 0.800 bits per heavy atom. The van der Waals surface area contributed by atoms with E-state index in [9.17, 15) is 0 Å². The van der Waals surface area contributed by atoms with Crippen molar-refractivity contribution in [1.82, 2.24) is 0 Å². The van der Waals surface area contributed by atoms with E-state index in [0.717, 1.165) is 0 Å². The molecule has 0 heterocycles. The first kappa shape index (κ1) is 23.3. The molecule has 0 radical (unpaired) electrons. The molecule has 0 amide bonds. The average molecular weight is 121 g/mol. The van der Waals surface area contributed by atoms with Gasteiger partial charge in [-0.25, -0.2) is 0 Å². The monoisotopic (exact) mass is 120 g/mol. The van der Waals surface area contributed by atoms with Gasteiger partial charge in [0.25, 0.3) is 0 Å². The molecule has 0 aliphatic carbocycles. The molecule has 0 spiro atoms. The van der Waals surface area contributed by atoms with Gasteiger partial charge in [0.05, 0.1) is 0 Å². The first-order chi connectivity index (χ1) is 2.00. The van der Waals surface area contributed by atoms with Gasteiger partial charge in [0, 0.05) is 0 Å². The predicted octanol–water partition coefficient (Wildman–Crippen LogP) is 0.190. The minimum atomic E-state index is 0. The Hall–Kier alpha value is -0.397. The van der Waals surface area contributed by atoms with Crippen LogP contribution in [0.25, 0.3) is 0 Å². The van der Waals surface area contributed by atoms with Crippen molar-refractivity contribution in [3.63, 3.8) is 0 Å². The maximum Gasteiger partial charge on any atom is 2.00 e. The van der Waals surface area contributed by atoms with E-state index in [1.54, 1.807) is 0 Å². The van der Waals surface area contributed by atoms with E-state index in [1.165, 1.54) is 0 Å². The van der Waals surface area contributed by atoms with Crippen LogP contribution in [0.2, 0.25) is 0 Å². The van der Waals surface area contributed by atoms with Crippen LogP contribution in [0, 0.1) is 23.7 Å². The number of rotatable bonds is 0. The third kappa shape index (κ3) is 58.9. The van der Waals surface area contributed by atoms with Crippen LogP contribution in [-0.2, 0) is 19.5 Å². The molecule has 0 aliphatic heterocycles. The molecule has 0 aromatic heterocycles. The van der Waals surface area contributed by atoms with Crippen molar-refractivity contribution in [1.29, 1.82) is 10.5 Å². The van der Waals surface area contributed by atoms with Crippen LogP contribution in [0.15, 0.2) is 0 Å². The second kappa shape index (κ2) is 155. The van der Waals surface area contributed by atoms with Gasteiger partial charge < -0.3 is 23.7 Å². The van der Waals surface area contributed by atoms with Gasteiger partial charge >= 0.3 is 19.5 Å². The molecule has 0 aliphatic rings. The third-order valence-electron chi connectivity index (χ3n) is 0. The van der Waals surface area contributed by atoms with Crippen LogP contribution in [0.5, 0.6) is 0 Å². The first-order valence-corrected chi connectivity index (χ1v) is 0.447. The van der Waals surface area contributed by atoms with E-state index >= 15 is 0 Å². The topological polar surface area (TPSA) is 47.6 Å². The maximum absolute atomic E-state index is 6.25. The fourth-order valence-corrected chi connectivity index (χ4v) is 0. The van der Waals surface area contributed by atoms with Gasteiger partial charge in [-0.1, -0.05) is 0 Å². The van der Waals surface area contributed by atoms with E-state index in [4.69, 9.17) is 23.7 Å². The standard InChI is InChI=1S/2CN.Zn/c2*1-2;/q2*-1;+2/i2*1+1,2+1;. The summed E-state index contributed by atoms with van der Waals surface area (Å²) in [7, 11) is 0. The summed E-state index contributed by atoms with van der Waals surface area (Å²) in [5, 5.41) is 12.5. The van der Waals surface area contributed by atoms with Gasteiger partial charge in [-0.05, 0) is 0 Å². The Labute approximate surface area is 43.8 Å². The molecule has 3 heteroatoms. The second-order valence-corrected chi connectivity index (χ2v) is 0. The van der Waals surface area contributed by atoms with Gasteiger partial charge in [-0.15, -0.1) is 0 Å². The third-order valence-corrected chi connectivity index (χ3v) is 0. The van der Waals surface area contributed by atoms with E-state index in [2.05, 4.69) is 0 Å². The summed E-state index contributed by atoms with van der Waals surface area (Å²) in [5.41, 5.74) is 0. The number of hydrogen-bond donors (Lipinski definition) is 0. The van der Waals surface area contributed by atoms with Crippen LogP contribution in [0.3, 0.4) is 0 Å². The summed E-state index contributed by atoms with van der Waals surface area (Å²) < 4.78 is 0. The van der Waals surface area contributed by atoms with E-state index < -0.39 is 0 Å². The Bertz CT molecular complexity index is 23.1. The van der Waals surface area contributed by atoms with Gasteiger partial charge in [-0.2, -0.15) is 0 Å². The number of hydrogen-bond acceptors (Lipinski definition) is 2. The molecular formula is C2N2Zn. The number of nitrogens with zero attached hydrogens (tertiary/aromatic N) is 2. The van der Waals surface area contributed by atoms with E-state index in [1.807, 2.05) is 0 Å². The van der Waals surface area contributed by atoms with E-state index in [-0.39, 0.29) is 19.5 Å². The molecule has 0 unspecified atom stereocenters. The molecule has 0 N–H and O–H groups in total. The first-order valence-electron chi connectivity index (χ1n) is 0.447. The zero-order valence-corrected chi connectivity index (χ0v) is 5.57. The zero-order chi connectivity index (χ0) is 4.00. The van der Waals surface area contributed by atoms with Crippen molar-refractivity contribution in [2.75, 3.05) is 0 Å². The summed E-state index contributed by atoms with van der Waals surface area (Å²) in [5.74, 6) is 0. The van der Waals surface area contributed by atoms with Crippen LogP contribution in [0.4, 0.5) is 0 Å². The molecule has 0 aromatic carbocycles. The second-order valence-electron chi connectivity index (χ2n) is 0. The summed E-state index contributed by atoms with van der Waals surface area (Å²) in [6, 6.07) is 0. The minimum Gasteiger partial charge on any atom is -0.512 e. The normalized spacial score (nSPS) is 0.800. The summed E-state index contributed by atoms with van der Waals surface area (Å²) in [6.45, 7) is 9.50. The molecule has 0 saturated heterocycles. The Morgan fingerprint density at radius 1 is 0.800 bits per heavy atom. The molecule has 0 fully saturated rings. The summed E-state index contributed by atoms with van der Waals surface area (Å²) in [4.78, 5) is 0. The molecule has 0 atom stereocenters. The van der Waals surface area contributed by atoms with Gasteiger partial charge in [0.2, 0.25) is 0 Å². The van der Waals surface area contributed by atoms with Gasteiger partial charge in [0.1, 0.15) is 0 Å². The molecule has 0 rings (SSSR count). The van der Waals surface area contributed by atoms with Crippen molar-refractivity contribution >= 4 is 0 Å². The van der Waals surface area contributed by atoms with Crippen LogP contribution >= 0.6 is 0 Å². The molecule has 5 heavy (non-hydrogen) atoms. The van der Waals surface area contributed by atoms with Crippen molar-refractivity contribution in [3.05, 3.63) is 13.1 Å². The largest absolute Gasteiger partial charge is 2.00 e. The zero-order valence-electron chi connectivity index (χ0n) is 2.60. The molecular weight excluding hydrogens is 121 g/mol. The summed E-state index contributed by atoms with van der Waals surface area (Å²) in [6.07, 6.45) is 0. The van der Waals surface area contributed by atoms with Crippen molar-refractivity contribution < 1.29 is 19.5 Å². The van der Waals surface area contributed by atoms with Gasteiger partial charge in [-0.3, -0.25) is 0 Å². The van der Waals surface area contributed by atoms with Crippen molar-refractivity contribution in [2.45, 2.75) is 0 Å². The SMILES string of the molecule is [13C-]#[15N].[13C-]#[15N].[Zn+2]. The van der Waals surface area contributed by atoms with Crippen LogP contribution in [-0.4, -0.2) is 0 Å². The summed E-state index contributed by atoms with van der Waals surface area (Å²) >= 11 is 0. The van der Waals surface area contributed by atoms with Crippen LogP contribution in [0.1, 0.15) is 0 Å². The maximum atomic E-state index is 6.25. The van der Waals surface area contributed by atoms with Gasteiger partial charge in [0.15, 0.2) is 0 Å². The molecule has 2 nitrogen and oxygen atoms in total. The van der Waals surface area contributed by atoms with Crippen LogP contribution < -0.4 is 0 Å². The quantitative estimate of drug-likeness (QED) is 0.199. The Kier molecular flexibility index (Phi) is 722. The molecule has 0 bridgehead atoms. The minimum absolute atomic E-state index is 0. The van der Waals surface area contributed by atoms with Crippen molar-refractivity contribution in [3.8, 4) is 0 Å². The van der Waals surface area contributed by atoms with Crippen molar-refractivity contribution in [2.24, 2.45) is 0 Å². The Balaban J connectivity index is -0.0000000133. The predicted molar refractivity (Wildman–Crippen MR) is 9.94 cm³/mol. The smallest absolute Gasteiger partial charge is 0.512 e. The average Bonchev–Trinajstić information content (AvgIpc) is 1.50. The fraction of sp³-hybridized carbons (Fsp3) is 0. The molecule has 20 valence electrons. The molecule has 0 aromatic rings. The fourth-order valence-electron chi connectivity index (χ4n) is 0.